The monoisotopic (exact) mass is 287 g/mol. The number of hydrogen-bond donors (Lipinski definition) is 1. The summed E-state index contributed by atoms with van der Waals surface area (Å²) >= 11 is 0. The van der Waals surface area contributed by atoms with Crippen molar-refractivity contribution < 1.29 is 5.11 Å². The average Bonchev–Trinajstić information content (AvgIpc) is 2.44. The summed E-state index contributed by atoms with van der Waals surface area (Å²) < 4.78 is 0. The average molecular weight is 287 g/mol. The Hall–Kier alpha value is -1.30. The van der Waals surface area contributed by atoms with Crippen LogP contribution < -0.4 is 0 Å². The van der Waals surface area contributed by atoms with E-state index in [1.807, 2.05) is 13.0 Å². The van der Waals surface area contributed by atoms with Gasteiger partial charge in [0.05, 0.1) is 6.54 Å². The molecular formula is C19H29NO. The Balaban J connectivity index is 2.32. The smallest absolute Gasteiger partial charge is 0.122 e. The largest absolute Gasteiger partial charge is 0.378 e. The topological polar surface area (TPSA) is 23.5 Å². The SMILES string of the molecule is CCCCCCC(C)(O)C#CCN(C)Cc1ccccc1. The molecule has 1 unspecified atom stereocenters. The highest BCUT2D eigenvalue weighted by Crippen LogP contribution is 2.14. The van der Waals surface area contributed by atoms with E-state index in [9.17, 15) is 5.11 Å². The van der Waals surface area contributed by atoms with Crippen LogP contribution in [0, 0.1) is 11.8 Å². The zero-order valence-electron chi connectivity index (χ0n) is 13.7. The van der Waals surface area contributed by atoms with Crippen molar-refractivity contribution in [3.05, 3.63) is 35.9 Å². The normalized spacial score (nSPS) is 13.6. The molecule has 1 N–H and O–H groups in total. The molecule has 1 atom stereocenters. The van der Waals surface area contributed by atoms with Crippen LogP contribution in [-0.2, 0) is 6.54 Å². The molecule has 1 aromatic rings. The minimum Gasteiger partial charge on any atom is -0.378 e. The predicted molar refractivity (Wildman–Crippen MR) is 89.9 cm³/mol. The van der Waals surface area contributed by atoms with Gasteiger partial charge in [0, 0.05) is 6.54 Å². The molecule has 0 aliphatic carbocycles. The highest BCUT2D eigenvalue weighted by Gasteiger charge is 2.15. The van der Waals surface area contributed by atoms with E-state index in [1.54, 1.807) is 0 Å². The van der Waals surface area contributed by atoms with Gasteiger partial charge >= 0.3 is 0 Å². The number of rotatable bonds is 8. The predicted octanol–water partition coefficient (Wildman–Crippen LogP) is 3.84. The lowest BCUT2D eigenvalue weighted by atomic mass is 9.98. The van der Waals surface area contributed by atoms with Gasteiger partial charge in [-0.05, 0) is 32.4 Å². The van der Waals surface area contributed by atoms with Crippen molar-refractivity contribution in [2.24, 2.45) is 0 Å². The standard InChI is InChI=1S/C19H29NO/c1-4-5-6-10-14-19(2,21)15-11-16-20(3)17-18-12-8-7-9-13-18/h7-9,12-13,21H,4-6,10,14,16-17H2,1-3H3. The van der Waals surface area contributed by atoms with Gasteiger partial charge in [-0.2, -0.15) is 0 Å². The summed E-state index contributed by atoms with van der Waals surface area (Å²) in [6.07, 6.45) is 5.46. The Bertz CT molecular complexity index is 442. The van der Waals surface area contributed by atoms with Gasteiger partial charge in [0.25, 0.3) is 0 Å². The zero-order chi connectivity index (χ0) is 15.6. The van der Waals surface area contributed by atoms with Crippen LogP contribution in [0.4, 0.5) is 0 Å². The first kappa shape index (κ1) is 17.8. The summed E-state index contributed by atoms with van der Waals surface area (Å²) in [5.74, 6) is 6.13. The molecule has 0 spiro atoms. The summed E-state index contributed by atoms with van der Waals surface area (Å²) in [6, 6.07) is 10.4. The molecule has 2 heteroatoms. The number of nitrogens with zero attached hydrogens (tertiary/aromatic N) is 1. The van der Waals surface area contributed by atoms with Crippen LogP contribution in [0.2, 0.25) is 0 Å². The molecule has 0 heterocycles. The van der Waals surface area contributed by atoms with Crippen molar-refractivity contribution in [1.29, 1.82) is 0 Å². The molecule has 0 amide bonds. The van der Waals surface area contributed by atoms with Crippen LogP contribution in [0.1, 0.15) is 51.5 Å². The molecular weight excluding hydrogens is 258 g/mol. The quantitative estimate of drug-likeness (QED) is 0.580. The van der Waals surface area contributed by atoms with Crippen molar-refractivity contribution in [3.63, 3.8) is 0 Å². The highest BCUT2D eigenvalue weighted by atomic mass is 16.3. The summed E-state index contributed by atoms with van der Waals surface area (Å²) in [6.45, 7) is 5.58. The van der Waals surface area contributed by atoms with Gasteiger partial charge in [0.2, 0.25) is 0 Å². The lowest BCUT2D eigenvalue weighted by molar-refractivity contribution is 0.108. The fraction of sp³-hybridized carbons (Fsp3) is 0.579. The number of hydrogen-bond acceptors (Lipinski definition) is 2. The molecule has 1 rings (SSSR count). The molecule has 0 aliphatic heterocycles. The van der Waals surface area contributed by atoms with Crippen LogP contribution >= 0.6 is 0 Å². The van der Waals surface area contributed by atoms with Crippen LogP contribution in [-0.4, -0.2) is 29.2 Å². The van der Waals surface area contributed by atoms with E-state index >= 15 is 0 Å². The van der Waals surface area contributed by atoms with E-state index in [1.165, 1.54) is 24.8 Å². The summed E-state index contributed by atoms with van der Waals surface area (Å²) in [5.41, 5.74) is 0.439. The fourth-order valence-electron chi connectivity index (χ4n) is 2.27. The minimum atomic E-state index is -0.846. The van der Waals surface area contributed by atoms with Gasteiger partial charge in [-0.15, -0.1) is 0 Å². The second kappa shape index (κ2) is 9.60. The first-order valence-electron chi connectivity index (χ1n) is 7.98. The van der Waals surface area contributed by atoms with Crippen molar-refractivity contribution in [3.8, 4) is 11.8 Å². The molecule has 0 aromatic heterocycles. The maximum absolute atomic E-state index is 10.2. The first-order valence-corrected chi connectivity index (χ1v) is 7.98. The van der Waals surface area contributed by atoms with Crippen molar-refractivity contribution in [2.45, 2.75) is 58.1 Å². The zero-order valence-corrected chi connectivity index (χ0v) is 13.7. The van der Waals surface area contributed by atoms with Crippen LogP contribution in [0.15, 0.2) is 30.3 Å². The second-order valence-electron chi connectivity index (χ2n) is 6.04. The minimum absolute atomic E-state index is 0.681. The lowest BCUT2D eigenvalue weighted by Crippen LogP contribution is -2.23. The van der Waals surface area contributed by atoms with Crippen LogP contribution in [0.3, 0.4) is 0 Å². The molecule has 0 fully saturated rings. The number of benzene rings is 1. The Kier molecular flexibility index (Phi) is 8.12. The van der Waals surface area contributed by atoms with Crippen LogP contribution in [0.5, 0.6) is 0 Å². The Morgan fingerprint density at radius 3 is 2.52 bits per heavy atom. The van der Waals surface area contributed by atoms with E-state index < -0.39 is 5.60 Å². The van der Waals surface area contributed by atoms with Crippen LogP contribution in [0.25, 0.3) is 0 Å². The first-order chi connectivity index (χ1) is 10.0. The number of aliphatic hydroxyl groups is 1. The molecule has 2 nitrogen and oxygen atoms in total. The maximum Gasteiger partial charge on any atom is 0.122 e. The second-order valence-corrected chi connectivity index (χ2v) is 6.04. The third kappa shape index (κ3) is 8.55. The third-order valence-electron chi connectivity index (χ3n) is 3.52. The molecule has 0 saturated heterocycles. The van der Waals surface area contributed by atoms with Gasteiger partial charge in [0.1, 0.15) is 5.60 Å². The molecule has 0 bridgehead atoms. The van der Waals surface area contributed by atoms with E-state index in [0.717, 1.165) is 19.4 Å². The lowest BCUT2D eigenvalue weighted by Gasteiger charge is -2.17. The summed E-state index contributed by atoms with van der Waals surface area (Å²) in [7, 11) is 2.05. The van der Waals surface area contributed by atoms with Crippen molar-refractivity contribution in [1.82, 2.24) is 4.90 Å². The number of unbranched alkanes of at least 4 members (excludes halogenated alkanes) is 3. The van der Waals surface area contributed by atoms with Gasteiger partial charge in [-0.25, -0.2) is 0 Å². The Morgan fingerprint density at radius 1 is 1.14 bits per heavy atom. The van der Waals surface area contributed by atoms with E-state index in [0.29, 0.717) is 6.54 Å². The van der Waals surface area contributed by atoms with E-state index in [-0.39, 0.29) is 0 Å². The molecule has 21 heavy (non-hydrogen) atoms. The molecule has 0 aliphatic rings. The Morgan fingerprint density at radius 2 is 1.86 bits per heavy atom. The van der Waals surface area contributed by atoms with Gasteiger partial charge in [-0.3, -0.25) is 4.90 Å². The van der Waals surface area contributed by atoms with Gasteiger partial charge < -0.3 is 5.11 Å². The third-order valence-corrected chi connectivity index (χ3v) is 3.52. The fourth-order valence-corrected chi connectivity index (χ4v) is 2.27. The summed E-state index contributed by atoms with van der Waals surface area (Å²) in [4.78, 5) is 2.16. The van der Waals surface area contributed by atoms with E-state index in [2.05, 4.69) is 55.0 Å². The maximum atomic E-state index is 10.2. The molecule has 1 aromatic carbocycles. The molecule has 0 radical (unpaired) electrons. The summed E-state index contributed by atoms with van der Waals surface area (Å²) in [5, 5.41) is 10.2. The highest BCUT2D eigenvalue weighted by molar-refractivity contribution is 5.16. The Labute approximate surface area is 130 Å². The molecule has 0 saturated carbocycles. The van der Waals surface area contributed by atoms with Crippen molar-refractivity contribution >= 4 is 0 Å². The van der Waals surface area contributed by atoms with Gasteiger partial charge in [-0.1, -0.05) is 68.4 Å². The van der Waals surface area contributed by atoms with E-state index in [4.69, 9.17) is 0 Å². The van der Waals surface area contributed by atoms with Gasteiger partial charge in [0.15, 0.2) is 0 Å². The van der Waals surface area contributed by atoms with Crippen molar-refractivity contribution in [2.75, 3.05) is 13.6 Å². The molecule has 116 valence electrons.